The minimum atomic E-state index is -0.627. The van der Waals surface area contributed by atoms with E-state index in [4.69, 9.17) is 18.7 Å². The quantitative estimate of drug-likeness (QED) is 0.772. The first-order valence-electron chi connectivity index (χ1n) is 5.92. The maximum absolute atomic E-state index is 11.5. The van der Waals surface area contributed by atoms with Gasteiger partial charge in [-0.3, -0.25) is 0 Å². The maximum Gasteiger partial charge on any atom is 0.379 e. The highest BCUT2D eigenvalue weighted by molar-refractivity contribution is 5.85. The molecule has 2 aromatic rings. The van der Waals surface area contributed by atoms with Crippen molar-refractivity contribution < 1.29 is 23.5 Å². The van der Waals surface area contributed by atoms with Gasteiger partial charge in [0.1, 0.15) is 11.5 Å². The SMILES string of the molecule is CCOC(=O)c1noc(-c2cc(OC)cc(OC)c2)n1. The van der Waals surface area contributed by atoms with E-state index in [0.29, 0.717) is 17.1 Å². The molecule has 0 radical (unpaired) electrons. The molecule has 0 atom stereocenters. The van der Waals surface area contributed by atoms with E-state index in [-0.39, 0.29) is 18.3 Å². The molecule has 1 aromatic heterocycles. The summed E-state index contributed by atoms with van der Waals surface area (Å²) in [5.74, 6) is 0.594. The molecule has 0 aliphatic carbocycles. The first-order chi connectivity index (χ1) is 9.67. The summed E-state index contributed by atoms with van der Waals surface area (Å²) < 4.78 is 20.1. The second-order valence-corrected chi connectivity index (χ2v) is 3.74. The lowest BCUT2D eigenvalue weighted by Crippen LogP contribution is -2.06. The van der Waals surface area contributed by atoms with Crippen molar-refractivity contribution in [3.05, 3.63) is 24.0 Å². The molecule has 0 amide bonds. The van der Waals surface area contributed by atoms with E-state index in [1.165, 1.54) is 14.2 Å². The molecule has 0 N–H and O–H groups in total. The monoisotopic (exact) mass is 278 g/mol. The molecule has 1 heterocycles. The fraction of sp³-hybridized carbons (Fsp3) is 0.308. The van der Waals surface area contributed by atoms with Crippen LogP contribution in [0.25, 0.3) is 11.5 Å². The molecule has 0 aliphatic heterocycles. The van der Waals surface area contributed by atoms with Crippen LogP contribution in [0.5, 0.6) is 11.5 Å². The Morgan fingerprint density at radius 2 is 1.85 bits per heavy atom. The van der Waals surface area contributed by atoms with Crippen molar-refractivity contribution >= 4 is 5.97 Å². The van der Waals surface area contributed by atoms with Crippen LogP contribution < -0.4 is 9.47 Å². The zero-order valence-corrected chi connectivity index (χ0v) is 11.4. The molecule has 7 nitrogen and oxygen atoms in total. The van der Waals surface area contributed by atoms with Gasteiger partial charge in [0.25, 0.3) is 11.7 Å². The molecule has 2 rings (SSSR count). The van der Waals surface area contributed by atoms with Crippen molar-refractivity contribution in [2.24, 2.45) is 0 Å². The average Bonchev–Trinajstić information content (AvgIpc) is 2.97. The van der Waals surface area contributed by atoms with Crippen molar-refractivity contribution in [1.29, 1.82) is 0 Å². The van der Waals surface area contributed by atoms with Gasteiger partial charge < -0.3 is 18.7 Å². The Hall–Kier alpha value is -2.57. The lowest BCUT2D eigenvalue weighted by molar-refractivity contribution is 0.0508. The van der Waals surface area contributed by atoms with Crippen LogP contribution >= 0.6 is 0 Å². The molecule has 0 fully saturated rings. The zero-order valence-electron chi connectivity index (χ0n) is 11.4. The predicted molar refractivity (Wildman–Crippen MR) is 68.8 cm³/mol. The normalized spacial score (nSPS) is 10.2. The topological polar surface area (TPSA) is 83.7 Å². The van der Waals surface area contributed by atoms with Crippen LogP contribution in [0.15, 0.2) is 22.7 Å². The molecule has 0 unspecified atom stereocenters. The number of hydrogen-bond donors (Lipinski definition) is 0. The number of carbonyl (C=O) groups excluding carboxylic acids is 1. The number of carbonyl (C=O) groups is 1. The summed E-state index contributed by atoms with van der Waals surface area (Å²) >= 11 is 0. The van der Waals surface area contributed by atoms with E-state index in [1.807, 2.05) is 0 Å². The Labute approximate surface area is 115 Å². The largest absolute Gasteiger partial charge is 0.497 e. The van der Waals surface area contributed by atoms with E-state index in [9.17, 15) is 4.79 Å². The first-order valence-corrected chi connectivity index (χ1v) is 5.92. The van der Waals surface area contributed by atoms with E-state index >= 15 is 0 Å². The Balaban J connectivity index is 2.34. The summed E-state index contributed by atoms with van der Waals surface area (Å²) in [6, 6.07) is 5.11. The molecule has 106 valence electrons. The van der Waals surface area contributed by atoms with Crippen molar-refractivity contribution in [3.8, 4) is 23.0 Å². The van der Waals surface area contributed by atoms with Gasteiger partial charge in [0.2, 0.25) is 0 Å². The zero-order chi connectivity index (χ0) is 14.5. The molecule has 0 saturated carbocycles. The van der Waals surface area contributed by atoms with Crippen molar-refractivity contribution in [2.45, 2.75) is 6.92 Å². The number of aromatic nitrogens is 2. The van der Waals surface area contributed by atoms with Gasteiger partial charge in [-0.25, -0.2) is 4.79 Å². The molecule has 0 bridgehead atoms. The third-order valence-corrected chi connectivity index (χ3v) is 2.48. The Morgan fingerprint density at radius 1 is 1.20 bits per heavy atom. The number of hydrogen-bond acceptors (Lipinski definition) is 7. The van der Waals surface area contributed by atoms with E-state index in [1.54, 1.807) is 25.1 Å². The molecule has 1 aromatic carbocycles. The van der Waals surface area contributed by atoms with Gasteiger partial charge in [-0.2, -0.15) is 4.98 Å². The summed E-state index contributed by atoms with van der Waals surface area (Å²) in [5.41, 5.74) is 0.587. The summed E-state index contributed by atoms with van der Waals surface area (Å²) in [5, 5.41) is 3.58. The number of rotatable bonds is 5. The van der Waals surface area contributed by atoms with Gasteiger partial charge >= 0.3 is 5.97 Å². The average molecular weight is 278 g/mol. The second-order valence-electron chi connectivity index (χ2n) is 3.74. The first kappa shape index (κ1) is 13.9. The van der Waals surface area contributed by atoms with Gasteiger partial charge in [-0.05, 0) is 24.2 Å². The van der Waals surface area contributed by atoms with E-state index < -0.39 is 5.97 Å². The summed E-state index contributed by atoms with van der Waals surface area (Å²) in [6.07, 6.45) is 0. The van der Waals surface area contributed by atoms with Gasteiger partial charge in [-0.15, -0.1) is 0 Å². The molecular formula is C13H14N2O5. The molecule has 0 spiro atoms. The predicted octanol–water partition coefficient (Wildman–Crippen LogP) is 1.93. The fourth-order valence-corrected chi connectivity index (χ4v) is 1.55. The standard InChI is InChI=1S/C13H14N2O5/c1-4-19-13(16)11-14-12(20-15-11)8-5-9(17-2)7-10(6-8)18-3/h5-7H,4H2,1-3H3. The Bertz CT molecular complexity index is 586. The number of methoxy groups -OCH3 is 2. The van der Waals surface area contributed by atoms with Crippen molar-refractivity contribution in [1.82, 2.24) is 10.1 Å². The smallest absolute Gasteiger partial charge is 0.379 e. The number of ether oxygens (including phenoxy) is 3. The van der Waals surface area contributed by atoms with Gasteiger partial charge in [-0.1, -0.05) is 0 Å². The maximum atomic E-state index is 11.5. The van der Waals surface area contributed by atoms with Crippen molar-refractivity contribution in [3.63, 3.8) is 0 Å². The van der Waals surface area contributed by atoms with Crippen molar-refractivity contribution in [2.75, 3.05) is 20.8 Å². The van der Waals surface area contributed by atoms with Crippen LogP contribution in [0, 0.1) is 0 Å². The van der Waals surface area contributed by atoms with Gasteiger partial charge in [0.15, 0.2) is 0 Å². The Morgan fingerprint density at radius 3 is 2.40 bits per heavy atom. The molecule has 0 saturated heterocycles. The molecular weight excluding hydrogens is 264 g/mol. The highest BCUT2D eigenvalue weighted by atomic mass is 16.5. The van der Waals surface area contributed by atoms with Gasteiger partial charge in [0, 0.05) is 11.6 Å². The van der Waals surface area contributed by atoms with Crippen LogP contribution in [0.2, 0.25) is 0 Å². The summed E-state index contributed by atoms with van der Waals surface area (Å²) in [6.45, 7) is 1.95. The van der Waals surface area contributed by atoms with Crippen LogP contribution in [0.4, 0.5) is 0 Å². The second kappa shape index (κ2) is 6.05. The van der Waals surface area contributed by atoms with E-state index in [0.717, 1.165) is 0 Å². The van der Waals surface area contributed by atoms with Crippen LogP contribution in [0.1, 0.15) is 17.5 Å². The molecule has 7 heteroatoms. The number of nitrogens with zero attached hydrogens (tertiary/aromatic N) is 2. The summed E-state index contributed by atoms with van der Waals surface area (Å²) in [7, 11) is 3.08. The fourth-order valence-electron chi connectivity index (χ4n) is 1.55. The van der Waals surface area contributed by atoms with Crippen LogP contribution in [-0.4, -0.2) is 36.9 Å². The third kappa shape index (κ3) is 2.87. The van der Waals surface area contributed by atoms with Gasteiger partial charge in [0.05, 0.1) is 20.8 Å². The minimum Gasteiger partial charge on any atom is -0.497 e. The number of esters is 1. The van der Waals surface area contributed by atoms with Crippen LogP contribution in [0.3, 0.4) is 0 Å². The summed E-state index contributed by atoms with van der Waals surface area (Å²) in [4.78, 5) is 15.5. The van der Waals surface area contributed by atoms with Crippen LogP contribution in [-0.2, 0) is 4.74 Å². The van der Waals surface area contributed by atoms with E-state index in [2.05, 4.69) is 10.1 Å². The molecule has 0 aliphatic rings. The number of benzene rings is 1. The highest BCUT2D eigenvalue weighted by Crippen LogP contribution is 2.28. The lowest BCUT2D eigenvalue weighted by atomic mass is 10.2. The third-order valence-electron chi connectivity index (χ3n) is 2.48. The minimum absolute atomic E-state index is 0.122. The molecule has 20 heavy (non-hydrogen) atoms. The lowest BCUT2D eigenvalue weighted by Gasteiger charge is -2.05. The Kier molecular flexibility index (Phi) is 4.19. The highest BCUT2D eigenvalue weighted by Gasteiger charge is 2.17.